The Bertz CT molecular complexity index is 494. The Morgan fingerprint density at radius 2 is 1.50 bits per heavy atom. The van der Waals surface area contributed by atoms with Gasteiger partial charge in [0.2, 0.25) is 5.95 Å². The quantitative estimate of drug-likeness (QED) is 0.754. The van der Waals surface area contributed by atoms with Crippen LogP contribution in [0.4, 0.5) is 5.95 Å². The zero-order chi connectivity index (χ0) is 15.0. The van der Waals surface area contributed by atoms with Crippen molar-refractivity contribution in [3.05, 3.63) is 16.9 Å². The number of rotatable bonds is 2. The maximum absolute atomic E-state index is 4.46. The van der Waals surface area contributed by atoms with E-state index >= 15 is 0 Å². The van der Waals surface area contributed by atoms with Gasteiger partial charge in [-0.25, -0.2) is 9.97 Å². The number of hydrogen-bond acceptors (Lipinski definition) is 3. The minimum absolute atomic E-state index is 0.645. The van der Waals surface area contributed by atoms with Gasteiger partial charge in [-0.15, -0.1) is 0 Å². The minimum Gasteiger partial charge on any atom is -0.341 e. The molecule has 0 N–H and O–H groups in total. The molecule has 3 fully saturated rings. The van der Waals surface area contributed by atoms with Crippen LogP contribution in [0.15, 0.2) is 16.9 Å². The monoisotopic (exact) mass is 363 g/mol. The maximum atomic E-state index is 4.46. The summed E-state index contributed by atoms with van der Waals surface area (Å²) in [5.41, 5.74) is 0.645. The third-order valence-corrected chi connectivity index (χ3v) is 7.03. The molecule has 22 heavy (non-hydrogen) atoms. The molecule has 2 aliphatic carbocycles. The molecule has 0 unspecified atom stereocenters. The van der Waals surface area contributed by atoms with Gasteiger partial charge in [0.1, 0.15) is 0 Å². The predicted octanol–water partition coefficient (Wildman–Crippen LogP) is 4.82. The second-order valence-corrected chi connectivity index (χ2v) is 8.63. The van der Waals surface area contributed by atoms with Crippen LogP contribution in [0.3, 0.4) is 0 Å². The van der Waals surface area contributed by atoms with Gasteiger partial charge in [0.05, 0.1) is 4.47 Å². The SMILES string of the molecule is Brc1cnc(N2CCC3(CCC(C4CCC4)CC3)CC2)nc1. The third-order valence-electron chi connectivity index (χ3n) is 6.62. The molecule has 1 saturated heterocycles. The number of aromatic nitrogens is 2. The first-order chi connectivity index (χ1) is 10.7. The molecule has 0 amide bonds. The molecule has 0 aromatic carbocycles. The highest BCUT2D eigenvalue weighted by Crippen LogP contribution is 2.50. The summed E-state index contributed by atoms with van der Waals surface area (Å²) in [4.78, 5) is 11.3. The Morgan fingerprint density at radius 1 is 0.909 bits per heavy atom. The van der Waals surface area contributed by atoms with Gasteiger partial charge in [-0.2, -0.15) is 0 Å². The number of nitrogens with zero attached hydrogens (tertiary/aromatic N) is 3. The van der Waals surface area contributed by atoms with Gasteiger partial charge in [0.25, 0.3) is 0 Å². The van der Waals surface area contributed by atoms with Gasteiger partial charge in [-0.05, 0) is 71.7 Å². The lowest BCUT2D eigenvalue weighted by molar-refractivity contribution is 0.0670. The summed E-state index contributed by atoms with van der Waals surface area (Å²) in [7, 11) is 0. The fourth-order valence-electron chi connectivity index (χ4n) is 4.78. The molecule has 0 radical (unpaired) electrons. The van der Waals surface area contributed by atoms with Crippen molar-refractivity contribution < 1.29 is 0 Å². The van der Waals surface area contributed by atoms with E-state index < -0.39 is 0 Å². The van der Waals surface area contributed by atoms with E-state index in [1.165, 1.54) is 57.8 Å². The average Bonchev–Trinajstić information content (AvgIpc) is 2.50. The van der Waals surface area contributed by atoms with Crippen LogP contribution in [0, 0.1) is 17.3 Å². The van der Waals surface area contributed by atoms with E-state index in [0.717, 1.165) is 35.3 Å². The number of halogens is 1. The lowest BCUT2D eigenvalue weighted by atomic mass is 9.61. The van der Waals surface area contributed by atoms with Crippen LogP contribution in [0.2, 0.25) is 0 Å². The molecule has 1 spiro atoms. The molecule has 0 atom stereocenters. The molecular weight excluding hydrogens is 338 g/mol. The van der Waals surface area contributed by atoms with Crippen molar-refractivity contribution in [3.63, 3.8) is 0 Å². The molecule has 0 bridgehead atoms. The zero-order valence-electron chi connectivity index (χ0n) is 13.3. The van der Waals surface area contributed by atoms with Crippen molar-refractivity contribution in [2.45, 2.75) is 57.8 Å². The summed E-state index contributed by atoms with van der Waals surface area (Å²) in [5, 5.41) is 0. The predicted molar refractivity (Wildman–Crippen MR) is 92.9 cm³/mol. The molecule has 3 nitrogen and oxygen atoms in total. The van der Waals surface area contributed by atoms with E-state index in [9.17, 15) is 0 Å². The zero-order valence-corrected chi connectivity index (χ0v) is 14.9. The smallest absolute Gasteiger partial charge is 0.225 e. The molecule has 1 aromatic rings. The normalized spacial score (nSPS) is 26.1. The van der Waals surface area contributed by atoms with Crippen LogP contribution in [-0.4, -0.2) is 23.1 Å². The van der Waals surface area contributed by atoms with E-state index in [0.29, 0.717) is 5.41 Å². The van der Waals surface area contributed by atoms with Crippen LogP contribution < -0.4 is 4.90 Å². The van der Waals surface area contributed by atoms with E-state index in [2.05, 4.69) is 30.8 Å². The van der Waals surface area contributed by atoms with Gasteiger partial charge in [0.15, 0.2) is 0 Å². The molecular formula is C18H26BrN3. The Labute approximate surface area is 142 Å². The van der Waals surface area contributed by atoms with Gasteiger partial charge >= 0.3 is 0 Å². The number of anilines is 1. The van der Waals surface area contributed by atoms with Crippen molar-refractivity contribution in [3.8, 4) is 0 Å². The van der Waals surface area contributed by atoms with Gasteiger partial charge in [0, 0.05) is 25.5 Å². The fourth-order valence-corrected chi connectivity index (χ4v) is 4.99. The number of piperidine rings is 1. The Balaban J connectivity index is 1.32. The van der Waals surface area contributed by atoms with Crippen LogP contribution in [0.5, 0.6) is 0 Å². The molecule has 1 aromatic heterocycles. The first-order valence-corrected chi connectivity index (χ1v) is 9.76. The van der Waals surface area contributed by atoms with Gasteiger partial charge in [-0.1, -0.05) is 19.3 Å². The molecule has 2 heterocycles. The first kappa shape index (κ1) is 14.9. The highest BCUT2D eigenvalue weighted by Gasteiger charge is 2.40. The Hall–Kier alpha value is -0.640. The van der Waals surface area contributed by atoms with E-state index in [1.54, 1.807) is 0 Å². The first-order valence-electron chi connectivity index (χ1n) is 8.97. The Morgan fingerprint density at radius 3 is 2.05 bits per heavy atom. The van der Waals surface area contributed by atoms with Crippen molar-refractivity contribution in [2.24, 2.45) is 17.3 Å². The Kier molecular flexibility index (Phi) is 4.14. The van der Waals surface area contributed by atoms with Crippen LogP contribution in [-0.2, 0) is 0 Å². The molecule has 4 heteroatoms. The van der Waals surface area contributed by atoms with Crippen molar-refractivity contribution in [2.75, 3.05) is 18.0 Å². The standard InChI is InChI=1S/C18H26BrN3/c19-16-12-20-17(21-13-16)22-10-8-18(9-11-22)6-4-15(5-7-18)14-2-1-3-14/h12-15H,1-11H2. The molecule has 1 aliphatic heterocycles. The summed E-state index contributed by atoms with van der Waals surface area (Å²) in [5.74, 6) is 3.06. The van der Waals surface area contributed by atoms with Gasteiger partial charge < -0.3 is 4.90 Å². The molecule has 2 saturated carbocycles. The summed E-state index contributed by atoms with van der Waals surface area (Å²) in [6.45, 7) is 2.27. The molecule has 4 rings (SSSR count). The second-order valence-electron chi connectivity index (χ2n) is 7.72. The minimum atomic E-state index is 0.645. The lowest BCUT2D eigenvalue weighted by Crippen LogP contribution is -2.43. The summed E-state index contributed by atoms with van der Waals surface area (Å²) in [6.07, 6.45) is 16.9. The number of hydrogen-bond donors (Lipinski definition) is 0. The third kappa shape index (κ3) is 2.91. The van der Waals surface area contributed by atoms with Gasteiger partial charge in [-0.3, -0.25) is 0 Å². The van der Waals surface area contributed by atoms with E-state index in [-0.39, 0.29) is 0 Å². The fraction of sp³-hybridized carbons (Fsp3) is 0.778. The molecule has 3 aliphatic rings. The topological polar surface area (TPSA) is 29.0 Å². The summed E-state index contributed by atoms with van der Waals surface area (Å²) < 4.78 is 0.957. The summed E-state index contributed by atoms with van der Waals surface area (Å²) in [6, 6.07) is 0. The van der Waals surface area contributed by atoms with Crippen LogP contribution >= 0.6 is 15.9 Å². The maximum Gasteiger partial charge on any atom is 0.225 e. The van der Waals surface area contributed by atoms with E-state index in [1.807, 2.05) is 12.4 Å². The lowest BCUT2D eigenvalue weighted by Gasteiger charge is -2.48. The summed E-state index contributed by atoms with van der Waals surface area (Å²) >= 11 is 3.41. The second kappa shape index (κ2) is 6.10. The molecule has 120 valence electrons. The van der Waals surface area contributed by atoms with Crippen molar-refractivity contribution in [1.82, 2.24) is 9.97 Å². The van der Waals surface area contributed by atoms with Crippen LogP contribution in [0.25, 0.3) is 0 Å². The van der Waals surface area contributed by atoms with Crippen molar-refractivity contribution in [1.29, 1.82) is 0 Å². The van der Waals surface area contributed by atoms with E-state index in [4.69, 9.17) is 0 Å². The highest BCUT2D eigenvalue weighted by molar-refractivity contribution is 9.10. The highest BCUT2D eigenvalue weighted by atomic mass is 79.9. The average molecular weight is 364 g/mol. The van der Waals surface area contributed by atoms with Crippen molar-refractivity contribution >= 4 is 21.9 Å². The van der Waals surface area contributed by atoms with Crippen LogP contribution in [0.1, 0.15) is 57.8 Å². The largest absolute Gasteiger partial charge is 0.341 e.